The molecular formula is C61H123NO5. The fourth-order valence-corrected chi connectivity index (χ4v) is 10.2. The lowest BCUT2D eigenvalue weighted by atomic mass is 9.99. The summed E-state index contributed by atoms with van der Waals surface area (Å²) in [6.45, 7) is 4.11. The Morgan fingerprint density at radius 3 is 0.716 bits per heavy atom. The Bertz CT molecular complexity index is 933. The van der Waals surface area contributed by atoms with Crippen molar-refractivity contribution in [2.75, 3.05) is 6.61 Å². The van der Waals surface area contributed by atoms with Gasteiger partial charge in [-0.05, 0) is 12.8 Å². The Morgan fingerprint density at radius 2 is 0.507 bits per heavy atom. The maximum atomic E-state index is 12.6. The molecule has 0 heterocycles. The molecule has 1 amide bonds. The maximum absolute atomic E-state index is 12.6. The molecule has 0 aliphatic heterocycles. The standard InChI is InChI=1S/C61H123NO5/c1-3-5-7-9-11-13-15-17-19-21-23-25-27-28-29-30-31-32-33-35-36-38-40-42-44-46-48-50-52-54-58(64)60(66)57(56-63)62-61(67)59(65)55-53-51-49-47-45-43-41-39-37-34-26-24-22-20-18-16-14-12-10-8-6-4-2/h57-60,63-66H,3-56H2,1-2H3,(H,62,67). The van der Waals surface area contributed by atoms with Gasteiger partial charge in [0.05, 0.1) is 18.8 Å². The Balaban J connectivity index is 3.54. The highest BCUT2D eigenvalue weighted by molar-refractivity contribution is 5.80. The topological polar surface area (TPSA) is 110 Å². The van der Waals surface area contributed by atoms with Crippen LogP contribution in [0.4, 0.5) is 0 Å². The van der Waals surface area contributed by atoms with Crippen LogP contribution in [0.5, 0.6) is 0 Å². The summed E-state index contributed by atoms with van der Waals surface area (Å²) in [5.41, 5.74) is 0. The number of amides is 1. The van der Waals surface area contributed by atoms with Gasteiger partial charge in [-0.1, -0.05) is 341 Å². The second-order valence-electron chi connectivity index (χ2n) is 21.8. The zero-order chi connectivity index (χ0) is 48.8. The fraction of sp³-hybridized carbons (Fsp3) is 0.984. The Labute approximate surface area is 420 Å². The van der Waals surface area contributed by atoms with Crippen molar-refractivity contribution in [2.45, 2.75) is 379 Å². The molecular weight excluding hydrogens is 827 g/mol. The van der Waals surface area contributed by atoms with E-state index in [1.54, 1.807) is 0 Å². The van der Waals surface area contributed by atoms with Gasteiger partial charge in [0.25, 0.3) is 0 Å². The van der Waals surface area contributed by atoms with Crippen molar-refractivity contribution in [1.82, 2.24) is 5.32 Å². The van der Waals surface area contributed by atoms with Crippen LogP contribution in [0.15, 0.2) is 0 Å². The molecule has 6 nitrogen and oxygen atoms in total. The largest absolute Gasteiger partial charge is 0.394 e. The molecule has 0 aromatic carbocycles. The van der Waals surface area contributed by atoms with Gasteiger partial charge in [-0.15, -0.1) is 0 Å². The summed E-state index contributed by atoms with van der Waals surface area (Å²) in [6.07, 6.45) is 66.2. The number of carbonyl (C=O) groups excluding carboxylic acids is 1. The Kier molecular flexibility index (Phi) is 55.6. The van der Waals surface area contributed by atoms with Gasteiger partial charge in [-0.2, -0.15) is 0 Å². The molecule has 0 aliphatic carbocycles. The van der Waals surface area contributed by atoms with E-state index in [-0.39, 0.29) is 0 Å². The molecule has 0 rings (SSSR count). The lowest BCUT2D eigenvalue weighted by molar-refractivity contribution is -0.132. The third-order valence-corrected chi connectivity index (χ3v) is 15.1. The summed E-state index contributed by atoms with van der Waals surface area (Å²) in [5, 5.41) is 44.1. The molecule has 0 aromatic rings. The summed E-state index contributed by atoms with van der Waals surface area (Å²) < 4.78 is 0. The SMILES string of the molecule is CCCCCCCCCCCCCCCCCCCCCCCCCCCCCCCC(O)C(O)C(CO)NC(=O)C(O)CCCCCCCCCCCCCCCCCCCCCCCC. The fourth-order valence-electron chi connectivity index (χ4n) is 10.2. The lowest BCUT2D eigenvalue weighted by Gasteiger charge is -2.27. The highest BCUT2D eigenvalue weighted by Gasteiger charge is 2.28. The highest BCUT2D eigenvalue weighted by Crippen LogP contribution is 2.19. The van der Waals surface area contributed by atoms with Gasteiger partial charge in [-0.3, -0.25) is 4.79 Å². The third kappa shape index (κ3) is 50.1. The van der Waals surface area contributed by atoms with Crippen LogP contribution in [0, 0.1) is 0 Å². The molecule has 0 spiro atoms. The van der Waals surface area contributed by atoms with Crippen LogP contribution < -0.4 is 5.32 Å². The van der Waals surface area contributed by atoms with Crippen LogP contribution in [0.25, 0.3) is 0 Å². The average Bonchev–Trinajstić information content (AvgIpc) is 3.33. The second kappa shape index (κ2) is 56.2. The van der Waals surface area contributed by atoms with Crippen LogP contribution in [-0.4, -0.2) is 57.3 Å². The molecule has 6 heteroatoms. The predicted molar refractivity (Wildman–Crippen MR) is 293 cm³/mol. The van der Waals surface area contributed by atoms with Crippen molar-refractivity contribution < 1.29 is 25.2 Å². The number of aliphatic hydroxyl groups excluding tert-OH is 4. The first kappa shape index (κ1) is 66.3. The van der Waals surface area contributed by atoms with Crippen LogP contribution in [-0.2, 0) is 4.79 Å². The first-order valence-electron chi connectivity index (χ1n) is 30.9. The van der Waals surface area contributed by atoms with E-state index in [1.165, 1.54) is 289 Å². The molecule has 0 fully saturated rings. The second-order valence-corrected chi connectivity index (χ2v) is 21.8. The molecule has 0 saturated carbocycles. The zero-order valence-corrected chi connectivity index (χ0v) is 45.7. The van der Waals surface area contributed by atoms with Gasteiger partial charge >= 0.3 is 0 Å². The average molecular weight is 951 g/mol. The van der Waals surface area contributed by atoms with E-state index >= 15 is 0 Å². The van der Waals surface area contributed by atoms with Crippen LogP contribution in [0.2, 0.25) is 0 Å². The molecule has 4 unspecified atom stereocenters. The molecule has 0 aliphatic rings. The van der Waals surface area contributed by atoms with Gasteiger partial charge in [0, 0.05) is 0 Å². The summed E-state index contributed by atoms with van der Waals surface area (Å²) >= 11 is 0. The van der Waals surface area contributed by atoms with Crippen molar-refractivity contribution in [1.29, 1.82) is 0 Å². The molecule has 0 saturated heterocycles. The van der Waals surface area contributed by atoms with Crippen molar-refractivity contribution >= 4 is 5.91 Å². The van der Waals surface area contributed by atoms with Crippen LogP contribution in [0.3, 0.4) is 0 Å². The minimum absolute atomic E-state index is 0.376. The quantitative estimate of drug-likeness (QED) is 0.0390. The lowest BCUT2D eigenvalue weighted by Crippen LogP contribution is -2.53. The molecule has 402 valence electrons. The van der Waals surface area contributed by atoms with Crippen LogP contribution in [0.1, 0.15) is 354 Å². The number of hydrogen-bond acceptors (Lipinski definition) is 5. The van der Waals surface area contributed by atoms with E-state index in [4.69, 9.17) is 0 Å². The minimum atomic E-state index is -1.26. The number of aliphatic hydroxyl groups is 4. The number of unbranched alkanes of at least 4 members (excludes halogenated alkanes) is 49. The molecule has 67 heavy (non-hydrogen) atoms. The van der Waals surface area contributed by atoms with E-state index in [1.807, 2.05) is 0 Å². The number of hydrogen-bond donors (Lipinski definition) is 5. The molecule has 0 bridgehead atoms. The smallest absolute Gasteiger partial charge is 0.249 e. The van der Waals surface area contributed by atoms with E-state index in [9.17, 15) is 25.2 Å². The van der Waals surface area contributed by atoms with Gasteiger partial charge in [0.2, 0.25) is 5.91 Å². The number of nitrogens with one attached hydrogen (secondary N) is 1. The summed E-state index contributed by atoms with van der Waals surface area (Å²) in [5.74, 6) is -0.575. The van der Waals surface area contributed by atoms with Crippen molar-refractivity contribution in [2.24, 2.45) is 0 Å². The summed E-state index contributed by atoms with van der Waals surface area (Å²) in [7, 11) is 0. The number of rotatable bonds is 58. The van der Waals surface area contributed by atoms with Crippen molar-refractivity contribution in [3.63, 3.8) is 0 Å². The maximum Gasteiger partial charge on any atom is 0.249 e. The molecule has 0 radical (unpaired) electrons. The Hall–Kier alpha value is -0.690. The first-order chi connectivity index (χ1) is 33.0. The van der Waals surface area contributed by atoms with E-state index in [0.29, 0.717) is 12.8 Å². The summed E-state index contributed by atoms with van der Waals surface area (Å²) in [6, 6.07) is -0.981. The van der Waals surface area contributed by atoms with Crippen molar-refractivity contribution in [3.8, 4) is 0 Å². The highest BCUT2D eigenvalue weighted by atomic mass is 16.3. The summed E-state index contributed by atoms with van der Waals surface area (Å²) in [4.78, 5) is 12.6. The monoisotopic (exact) mass is 950 g/mol. The van der Waals surface area contributed by atoms with E-state index < -0.39 is 36.9 Å². The van der Waals surface area contributed by atoms with Gasteiger partial charge in [0.1, 0.15) is 12.2 Å². The zero-order valence-electron chi connectivity index (χ0n) is 45.7. The van der Waals surface area contributed by atoms with E-state index in [0.717, 1.165) is 38.5 Å². The molecule has 4 atom stereocenters. The number of carbonyl (C=O) groups is 1. The first-order valence-corrected chi connectivity index (χ1v) is 30.9. The normalized spacial score (nSPS) is 13.6. The predicted octanol–water partition coefficient (Wildman–Crippen LogP) is 18.3. The van der Waals surface area contributed by atoms with Gasteiger partial charge in [0.15, 0.2) is 0 Å². The Morgan fingerprint density at radius 1 is 0.313 bits per heavy atom. The van der Waals surface area contributed by atoms with E-state index in [2.05, 4.69) is 19.2 Å². The molecule has 5 N–H and O–H groups in total. The van der Waals surface area contributed by atoms with Gasteiger partial charge < -0.3 is 25.7 Å². The third-order valence-electron chi connectivity index (χ3n) is 15.1. The van der Waals surface area contributed by atoms with Crippen LogP contribution >= 0.6 is 0 Å². The van der Waals surface area contributed by atoms with Gasteiger partial charge in [-0.25, -0.2) is 0 Å². The molecule has 0 aromatic heterocycles. The van der Waals surface area contributed by atoms with Crippen molar-refractivity contribution in [3.05, 3.63) is 0 Å². The minimum Gasteiger partial charge on any atom is -0.394 e.